The van der Waals surface area contributed by atoms with Crippen molar-refractivity contribution in [1.82, 2.24) is 4.40 Å². The molecule has 2 heterocycles. The van der Waals surface area contributed by atoms with E-state index < -0.39 is 5.97 Å². The predicted octanol–water partition coefficient (Wildman–Crippen LogP) is 2.60. The van der Waals surface area contributed by atoms with Crippen molar-refractivity contribution in [2.45, 2.75) is 6.92 Å². The van der Waals surface area contributed by atoms with Gasteiger partial charge in [0, 0.05) is 17.3 Å². The number of benzene rings is 1. The van der Waals surface area contributed by atoms with Crippen LogP contribution in [0.2, 0.25) is 0 Å². The first-order valence-electron chi connectivity index (χ1n) is 7.77. The van der Waals surface area contributed by atoms with Crippen molar-refractivity contribution in [3.8, 4) is 11.6 Å². The molecule has 0 atom stereocenters. The standard InChI is InChI=1S/C19H17N2O5/c1-11-17(19(23)24)14-5-3-4-8-21(14)18(11)26-10-15(22)12-6-7-13(20)16(9-12)25-2/h3,5-9H,10,20H2,1-2H3,(H,23,24). The van der Waals surface area contributed by atoms with Gasteiger partial charge >= 0.3 is 5.97 Å². The van der Waals surface area contributed by atoms with E-state index in [0.717, 1.165) is 0 Å². The molecule has 133 valence electrons. The molecule has 0 saturated heterocycles. The van der Waals surface area contributed by atoms with Crippen LogP contribution in [-0.4, -0.2) is 35.0 Å². The van der Waals surface area contributed by atoms with Crippen molar-refractivity contribution in [2.24, 2.45) is 0 Å². The maximum absolute atomic E-state index is 12.4. The largest absolute Gasteiger partial charge is 0.495 e. The van der Waals surface area contributed by atoms with Gasteiger partial charge in [0.1, 0.15) is 5.75 Å². The number of ketones is 1. The first-order chi connectivity index (χ1) is 12.4. The molecular formula is C19H17N2O5. The molecule has 3 rings (SSSR count). The molecule has 0 spiro atoms. The second-order valence-corrected chi connectivity index (χ2v) is 5.66. The number of carbonyl (C=O) groups excluding carboxylic acids is 1. The van der Waals surface area contributed by atoms with Gasteiger partial charge in [0.2, 0.25) is 5.88 Å². The third-order valence-electron chi connectivity index (χ3n) is 4.08. The van der Waals surface area contributed by atoms with Crippen LogP contribution in [0.5, 0.6) is 11.6 Å². The molecule has 7 nitrogen and oxygen atoms in total. The highest BCUT2D eigenvalue weighted by atomic mass is 16.5. The molecule has 0 unspecified atom stereocenters. The Morgan fingerprint density at radius 2 is 2.08 bits per heavy atom. The summed E-state index contributed by atoms with van der Waals surface area (Å²) in [4.78, 5) is 24.0. The molecule has 0 saturated carbocycles. The highest BCUT2D eigenvalue weighted by molar-refractivity contribution is 6.00. The zero-order chi connectivity index (χ0) is 18.8. The van der Waals surface area contributed by atoms with Crippen molar-refractivity contribution in [1.29, 1.82) is 0 Å². The van der Waals surface area contributed by atoms with Gasteiger partial charge in [0.05, 0.1) is 23.9 Å². The normalized spacial score (nSPS) is 10.7. The van der Waals surface area contributed by atoms with E-state index in [2.05, 4.69) is 6.07 Å². The summed E-state index contributed by atoms with van der Waals surface area (Å²) in [5.74, 6) is -0.641. The number of aromatic carboxylic acids is 1. The minimum atomic E-state index is -1.06. The Bertz CT molecular complexity index is 1010. The average molecular weight is 353 g/mol. The van der Waals surface area contributed by atoms with E-state index >= 15 is 0 Å². The van der Waals surface area contributed by atoms with Crippen molar-refractivity contribution >= 4 is 23.0 Å². The molecular weight excluding hydrogens is 336 g/mol. The average Bonchev–Trinajstić information content (AvgIpc) is 2.91. The lowest BCUT2D eigenvalue weighted by atomic mass is 10.1. The lowest BCUT2D eigenvalue weighted by Gasteiger charge is -2.09. The van der Waals surface area contributed by atoms with Crippen LogP contribution in [0, 0.1) is 13.0 Å². The minimum Gasteiger partial charge on any atom is -0.495 e. The van der Waals surface area contributed by atoms with Gasteiger partial charge in [-0.25, -0.2) is 4.79 Å². The molecule has 3 aromatic rings. The second-order valence-electron chi connectivity index (χ2n) is 5.66. The van der Waals surface area contributed by atoms with E-state index in [1.165, 1.54) is 7.11 Å². The van der Waals surface area contributed by atoms with Crippen LogP contribution in [0.25, 0.3) is 5.52 Å². The highest BCUT2D eigenvalue weighted by Crippen LogP contribution is 2.29. The summed E-state index contributed by atoms with van der Waals surface area (Å²) in [6, 6.07) is 10.8. The Morgan fingerprint density at radius 3 is 2.77 bits per heavy atom. The van der Waals surface area contributed by atoms with E-state index in [9.17, 15) is 14.7 Å². The second kappa shape index (κ2) is 6.79. The van der Waals surface area contributed by atoms with Gasteiger partial charge in [0.15, 0.2) is 12.4 Å². The predicted molar refractivity (Wildman–Crippen MR) is 95.2 cm³/mol. The number of pyridine rings is 1. The van der Waals surface area contributed by atoms with Gasteiger partial charge in [-0.05, 0) is 37.3 Å². The lowest BCUT2D eigenvalue weighted by molar-refractivity contribution is 0.0698. The van der Waals surface area contributed by atoms with Gasteiger partial charge in [-0.1, -0.05) is 6.07 Å². The summed E-state index contributed by atoms with van der Waals surface area (Å²) in [7, 11) is 1.47. The fourth-order valence-corrected chi connectivity index (χ4v) is 2.80. The lowest BCUT2D eigenvalue weighted by Crippen LogP contribution is -2.13. The number of aromatic nitrogens is 1. The Morgan fingerprint density at radius 1 is 1.31 bits per heavy atom. The van der Waals surface area contributed by atoms with Crippen LogP contribution in [0.4, 0.5) is 5.69 Å². The molecule has 0 aliphatic carbocycles. The quantitative estimate of drug-likeness (QED) is 0.521. The summed E-state index contributed by atoms with van der Waals surface area (Å²) < 4.78 is 12.3. The zero-order valence-corrected chi connectivity index (χ0v) is 14.3. The summed E-state index contributed by atoms with van der Waals surface area (Å²) in [6.07, 6.45) is 1.57. The summed E-state index contributed by atoms with van der Waals surface area (Å²) in [6.45, 7) is 1.39. The number of fused-ring (bicyclic) bond motifs is 1. The Labute approximate surface area is 149 Å². The van der Waals surface area contributed by atoms with Crippen molar-refractivity contribution in [3.05, 3.63) is 59.3 Å². The number of anilines is 1. The van der Waals surface area contributed by atoms with Gasteiger partial charge < -0.3 is 20.3 Å². The summed E-state index contributed by atoms with van der Waals surface area (Å²) in [5, 5.41) is 9.44. The number of Topliss-reactive ketones (excluding diaryl/α,β-unsaturated/α-hetero) is 1. The molecule has 0 aliphatic rings. The monoisotopic (exact) mass is 353 g/mol. The SMILES string of the molecule is COc1cc(C(=O)COc2c(C)c(C(=O)O)c3cc[c]cn23)ccc1N. The molecule has 7 heteroatoms. The Kier molecular flexibility index (Phi) is 4.53. The number of nitrogens with two attached hydrogens (primary N) is 1. The van der Waals surface area contributed by atoms with Gasteiger partial charge in [-0.3, -0.25) is 9.20 Å². The smallest absolute Gasteiger partial charge is 0.338 e. The molecule has 1 aromatic carbocycles. The van der Waals surface area contributed by atoms with Crippen LogP contribution in [0.3, 0.4) is 0 Å². The van der Waals surface area contributed by atoms with Crippen LogP contribution < -0.4 is 15.2 Å². The third kappa shape index (κ3) is 2.95. The highest BCUT2D eigenvalue weighted by Gasteiger charge is 2.21. The van der Waals surface area contributed by atoms with E-state index in [1.807, 2.05) is 0 Å². The van der Waals surface area contributed by atoms with Crippen LogP contribution in [0.1, 0.15) is 26.3 Å². The van der Waals surface area contributed by atoms with Crippen LogP contribution in [-0.2, 0) is 0 Å². The fraction of sp³-hybridized carbons (Fsp3) is 0.158. The zero-order valence-electron chi connectivity index (χ0n) is 14.3. The molecule has 0 fully saturated rings. The molecule has 0 amide bonds. The number of ether oxygens (including phenoxy) is 2. The maximum atomic E-state index is 12.4. The molecule has 0 bridgehead atoms. The first-order valence-corrected chi connectivity index (χ1v) is 7.77. The maximum Gasteiger partial charge on any atom is 0.338 e. The van der Waals surface area contributed by atoms with Gasteiger partial charge in [-0.15, -0.1) is 0 Å². The Balaban J connectivity index is 1.89. The molecule has 26 heavy (non-hydrogen) atoms. The van der Waals surface area contributed by atoms with Crippen molar-refractivity contribution in [2.75, 3.05) is 19.5 Å². The van der Waals surface area contributed by atoms with Crippen molar-refractivity contribution < 1.29 is 24.2 Å². The van der Waals surface area contributed by atoms with E-state index in [4.69, 9.17) is 15.2 Å². The van der Waals surface area contributed by atoms with E-state index in [0.29, 0.717) is 34.0 Å². The van der Waals surface area contributed by atoms with Crippen LogP contribution >= 0.6 is 0 Å². The van der Waals surface area contributed by atoms with Gasteiger partial charge in [-0.2, -0.15) is 0 Å². The Hall–Kier alpha value is -3.48. The van der Waals surface area contributed by atoms with E-state index in [-0.39, 0.29) is 18.0 Å². The number of carboxylic acid groups (broad SMARTS) is 1. The number of nitrogens with zero attached hydrogens (tertiary/aromatic N) is 1. The summed E-state index contributed by atoms with van der Waals surface area (Å²) >= 11 is 0. The van der Waals surface area contributed by atoms with E-state index in [1.54, 1.807) is 47.9 Å². The number of carbonyl (C=O) groups is 2. The number of nitrogen functional groups attached to an aromatic ring is 1. The topological polar surface area (TPSA) is 103 Å². The van der Waals surface area contributed by atoms with Gasteiger partial charge in [0.25, 0.3) is 0 Å². The number of rotatable bonds is 6. The van der Waals surface area contributed by atoms with Crippen molar-refractivity contribution in [3.63, 3.8) is 0 Å². The third-order valence-corrected chi connectivity index (χ3v) is 4.08. The number of hydrogen-bond donors (Lipinski definition) is 2. The number of methoxy groups -OCH3 is 1. The minimum absolute atomic E-state index is 0.135. The first kappa shape index (κ1) is 17.3. The molecule has 2 aromatic heterocycles. The molecule has 1 radical (unpaired) electrons. The number of hydrogen-bond acceptors (Lipinski definition) is 5. The summed E-state index contributed by atoms with van der Waals surface area (Å²) in [5.41, 5.74) is 7.62. The van der Waals surface area contributed by atoms with Crippen LogP contribution in [0.15, 0.2) is 36.5 Å². The molecule has 3 N–H and O–H groups in total. The molecule has 0 aliphatic heterocycles. The fourth-order valence-electron chi connectivity index (χ4n) is 2.80. The number of carboxylic acids is 1.